The molecule has 17 heavy (non-hydrogen) atoms. The van der Waals surface area contributed by atoms with E-state index in [4.69, 9.17) is 5.73 Å². The average Bonchev–Trinajstić information content (AvgIpc) is 2.73. The third-order valence-corrected chi connectivity index (χ3v) is 2.15. The topological polar surface area (TPSA) is 98.7 Å². The van der Waals surface area contributed by atoms with Crippen LogP contribution in [0.2, 0.25) is 0 Å². The van der Waals surface area contributed by atoms with Crippen molar-refractivity contribution >= 4 is 11.6 Å². The van der Waals surface area contributed by atoms with Crippen molar-refractivity contribution in [2.24, 2.45) is 12.8 Å². The maximum Gasteiger partial charge on any atom is 0.248 e. The number of tetrazole rings is 1. The van der Waals surface area contributed by atoms with E-state index >= 15 is 0 Å². The Bertz CT molecular complexity index is 535. The molecule has 7 heteroatoms. The van der Waals surface area contributed by atoms with E-state index in [2.05, 4.69) is 20.7 Å². The number of rotatable bonds is 4. The summed E-state index contributed by atoms with van der Waals surface area (Å²) in [6.45, 7) is 0.441. The summed E-state index contributed by atoms with van der Waals surface area (Å²) >= 11 is 0. The Morgan fingerprint density at radius 2 is 2.35 bits per heavy atom. The van der Waals surface area contributed by atoms with Crippen LogP contribution in [-0.2, 0) is 13.6 Å². The first-order chi connectivity index (χ1) is 8.15. The number of nitrogens with one attached hydrogen (secondary N) is 1. The fourth-order valence-electron chi connectivity index (χ4n) is 1.36. The van der Waals surface area contributed by atoms with Crippen LogP contribution in [-0.4, -0.2) is 26.1 Å². The van der Waals surface area contributed by atoms with E-state index < -0.39 is 5.91 Å². The molecule has 0 bridgehead atoms. The summed E-state index contributed by atoms with van der Waals surface area (Å²) in [5.74, 6) is 0.128. The Morgan fingerprint density at radius 3 is 3.00 bits per heavy atom. The number of nitrogens with zero attached hydrogens (tertiary/aromatic N) is 4. The minimum Gasteiger partial charge on any atom is -0.378 e. The predicted octanol–water partition coefficient (Wildman–Crippen LogP) is -0.0789. The van der Waals surface area contributed by atoms with Crippen LogP contribution >= 0.6 is 0 Å². The maximum atomic E-state index is 11.0. The minimum atomic E-state index is -0.453. The highest BCUT2D eigenvalue weighted by Gasteiger charge is 2.03. The molecule has 2 rings (SSSR count). The molecule has 3 N–H and O–H groups in total. The summed E-state index contributed by atoms with van der Waals surface area (Å²) < 4.78 is 0. The number of benzene rings is 1. The number of aryl methyl sites for hydroxylation is 1. The van der Waals surface area contributed by atoms with Crippen LogP contribution in [0.1, 0.15) is 16.2 Å². The Kier molecular flexibility index (Phi) is 2.99. The first-order valence-corrected chi connectivity index (χ1v) is 5.02. The Morgan fingerprint density at radius 1 is 1.53 bits per heavy atom. The maximum absolute atomic E-state index is 11.0. The molecule has 0 spiro atoms. The normalized spacial score (nSPS) is 10.2. The zero-order valence-corrected chi connectivity index (χ0v) is 9.29. The highest BCUT2D eigenvalue weighted by Crippen LogP contribution is 2.10. The van der Waals surface area contributed by atoms with Crippen LogP contribution < -0.4 is 11.1 Å². The number of carbonyl (C=O) groups is 1. The summed E-state index contributed by atoms with van der Waals surface area (Å²) in [4.78, 5) is 12.4. The van der Waals surface area contributed by atoms with E-state index in [9.17, 15) is 4.79 Å². The van der Waals surface area contributed by atoms with E-state index in [1.807, 2.05) is 6.07 Å². The second-order valence-electron chi connectivity index (χ2n) is 3.49. The second-order valence-corrected chi connectivity index (χ2v) is 3.49. The summed E-state index contributed by atoms with van der Waals surface area (Å²) in [5.41, 5.74) is 6.43. The van der Waals surface area contributed by atoms with E-state index in [-0.39, 0.29) is 0 Å². The van der Waals surface area contributed by atoms with Gasteiger partial charge >= 0.3 is 0 Å². The van der Waals surface area contributed by atoms with E-state index in [1.165, 1.54) is 4.80 Å². The first kappa shape index (κ1) is 11.1. The monoisotopic (exact) mass is 232 g/mol. The van der Waals surface area contributed by atoms with Gasteiger partial charge in [0.25, 0.3) is 0 Å². The van der Waals surface area contributed by atoms with Gasteiger partial charge in [0.15, 0.2) is 5.82 Å². The highest BCUT2D eigenvalue weighted by atomic mass is 16.1. The summed E-state index contributed by atoms with van der Waals surface area (Å²) in [7, 11) is 1.70. The molecule has 7 nitrogen and oxygen atoms in total. The number of anilines is 1. The van der Waals surface area contributed by atoms with E-state index in [0.717, 1.165) is 5.69 Å². The molecular formula is C10H12N6O. The Hall–Kier alpha value is -2.44. The number of nitrogens with two attached hydrogens (primary N) is 1. The van der Waals surface area contributed by atoms with Crippen molar-refractivity contribution in [3.05, 3.63) is 35.7 Å². The molecule has 1 aromatic carbocycles. The number of aromatic nitrogens is 4. The van der Waals surface area contributed by atoms with Crippen LogP contribution in [0.4, 0.5) is 5.69 Å². The predicted molar refractivity (Wildman–Crippen MR) is 61.1 cm³/mol. The largest absolute Gasteiger partial charge is 0.378 e. The first-order valence-electron chi connectivity index (χ1n) is 5.02. The number of primary amides is 1. The smallest absolute Gasteiger partial charge is 0.248 e. The zero-order chi connectivity index (χ0) is 12.3. The lowest BCUT2D eigenvalue weighted by atomic mass is 10.2. The third-order valence-electron chi connectivity index (χ3n) is 2.15. The van der Waals surface area contributed by atoms with Gasteiger partial charge in [0.05, 0.1) is 13.6 Å². The standard InChI is InChI=1S/C10H12N6O/c1-16-14-9(13-15-16)6-12-8-4-2-3-7(5-8)10(11)17/h2-5,12H,6H2,1H3,(H2,11,17). The van der Waals surface area contributed by atoms with E-state index in [0.29, 0.717) is 17.9 Å². The van der Waals surface area contributed by atoms with Crippen molar-refractivity contribution < 1.29 is 4.79 Å². The summed E-state index contributed by atoms with van der Waals surface area (Å²) in [6.07, 6.45) is 0. The summed E-state index contributed by atoms with van der Waals surface area (Å²) in [5, 5.41) is 14.7. The fraction of sp³-hybridized carbons (Fsp3) is 0.200. The number of carbonyl (C=O) groups excluding carboxylic acids is 1. The summed E-state index contributed by atoms with van der Waals surface area (Å²) in [6, 6.07) is 6.93. The van der Waals surface area contributed by atoms with Gasteiger partial charge in [-0.05, 0) is 23.4 Å². The molecule has 0 unspecified atom stereocenters. The second kappa shape index (κ2) is 4.60. The van der Waals surface area contributed by atoms with Crippen molar-refractivity contribution in [1.29, 1.82) is 0 Å². The van der Waals surface area contributed by atoms with Gasteiger partial charge < -0.3 is 11.1 Å². The molecule has 2 aromatic rings. The Labute approximate surface area is 97.6 Å². The molecule has 1 aromatic heterocycles. The molecule has 0 saturated carbocycles. The van der Waals surface area contributed by atoms with Gasteiger partial charge in [-0.3, -0.25) is 4.79 Å². The molecule has 0 aliphatic heterocycles. The number of amides is 1. The van der Waals surface area contributed by atoms with Gasteiger partial charge in [0.1, 0.15) is 0 Å². The average molecular weight is 232 g/mol. The fourth-order valence-corrected chi connectivity index (χ4v) is 1.36. The van der Waals surface area contributed by atoms with Gasteiger partial charge in [-0.2, -0.15) is 4.80 Å². The van der Waals surface area contributed by atoms with Gasteiger partial charge in [0.2, 0.25) is 5.91 Å². The van der Waals surface area contributed by atoms with Crippen LogP contribution in [0.15, 0.2) is 24.3 Å². The molecule has 0 radical (unpaired) electrons. The number of hydrogen-bond acceptors (Lipinski definition) is 5. The Balaban J connectivity index is 2.04. The van der Waals surface area contributed by atoms with Crippen molar-refractivity contribution in [2.75, 3.05) is 5.32 Å². The van der Waals surface area contributed by atoms with Crippen molar-refractivity contribution in [3.8, 4) is 0 Å². The van der Waals surface area contributed by atoms with Gasteiger partial charge in [-0.15, -0.1) is 10.2 Å². The van der Waals surface area contributed by atoms with Crippen LogP contribution in [0.25, 0.3) is 0 Å². The molecule has 0 atom stereocenters. The molecular weight excluding hydrogens is 220 g/mol. The highest BCUT2D eigenvalue weighted by molar-refractivity contribution is 5.93. The van der Waals surface area contributed by atoms with Gasteiger partial charge in [0, 0.05) is 11.3 Å². The van der Waals surface area contributed by atoms with Crippen molar-refractivity contribution in [3.63, 3.8) is 0 Å². The lowest BCUT2D eigenvalue weighted by Gasteiger charge is -2.04. The van der Waals surface area contributed by atoms with Crippen molar-refractivity contribution in [1.82, 2.24) is 20.2 Å². The molecule has 0 aliphatic rings. The molecule has 0 fully saturated rings. The molecule has 0 aliphatic carbocycles. The lowest BCUT2D eigenvalue weighted by molar-refractivity contribution is 0.100. The molecule has 1 amide bonds. The third kappa shape index (κ3) is 2.77. The van der Waals surface area contributed by atoms with Crippen LogP contribution in [0.3, 0.4) is 0 Å². The van der Waals surface area contributed by atoms with Crippen LogP contribution in [0, 0.1) is 0 Å². The SMILES string of the molecule is Cn1nnc(CNc2cccc(C(N)=O)c2)n1. The molecule has 0 saturated heterocycles. The quantitative estimate of drug-likeness (QED) is 0.768. The minimum absolute atomic E-state index is 0.441. The molecule has 88 valence electrons. The zero-order valence-electron chi connectivity index (χ0n) is 9.29. The van der Waals surface area contributed by atoms with Gasteiger partial charge in [-0.25, -0.2) is 0 Å². The van der Waals surface area contributed by atoms with Crippen molar-refractivity contribution in [2.45, 2.75) is 6.54 Å². The van der Waals surface area contributed by atoms with Crippen LogP contribution in [0.5, 0.6) is 0 Å². The molecule has 1 heterocycles. The van der Waals surface area contributed by atoms with E-state index in [1.54, 1.807) is 25.2 Å². The lowest BCUT2D eigenvalue weighted by Crippen LogP contribution is -2.11. The van der Waals surface area contributed by atoms with Gasteiger partial charge in [-0.1, -0.05) is 6.07 Å². The number of hydrogen-bond donors (Lipinski definition) is 2.